The molecule has 0 spiro atoms. The third kappa shape index (κ3) is 3.32. The number of rotatable bonds is 4. The lowest BCUT2D eigenvalue weighted by molar-refractivity contribution is -0.384. The van der Waals surface area contributed by atoms with Gasteiger partial charge in [0.25, 0.3) is 11.6 Å². The summed E-state index contributed by atoms with van der Waals surface area (Å²) in [6, 6.07) is 7.53. The molecule has 1 aromatic carbocycles. The van der Waals surface area contributed by atoms with Crippen molar-refractivity contribution in [3.05, 3.63) is 52.5 Å². The average Bonchev–Trinajstić information content (AvgIpc) is 3.10. The minimum atomic E-state index is -0.456. The van der Waals surface area contributed by atoms with Crippen LogP contribution in [0.25, 0.3) is 0 Å². The van der Waals surface area contributed by atoms with E-state index in [9.17, 15) is 14.9 Å². The van der Waals surface area contributed by atoms with E-state index < -0.39 is 10.8 Å². The molecule has 0 aliphatic carbocycles. The number of amides is 1. The van der Waals surface area contributed by atoms with Crippen LogP contribution >= 0.6 is 0 Å². The molecule has 2 heterocycles. The molecule has 8 heteroatoms. The molecule has 0 atom stereocenters. The van der Waals surface area contributed by atoms with E-state index in [-0.39, 0.29) is 11.4 Å². The summed E-state index contributed by atoms with van der Waals surface area (Å²) in [5, 5.41) is 13.8. The minimum Gasteiger partial charge on any atom is -0.459 e. The summed E-state index contributed by atoms with van der Waals surface area (Å²) < 4.78 is 10.4. The molecule has 1 aliphatic rings. The van der Waals surface area contributed by atoms with Crippen LogP contribution in [0, 0.1) is 10.1 Å². The van der Waals surface area contributed by atoms with Crippen LogP contribution in [0.4, 0.5) is 17.1 Å². The molecule has 0 bridgehead atoms. The van der Waals surface area contributed by atoms with Gasteiger partial charge < -0.3 is 19.4 Å². The van der Waals surface area contributed by atoms with Gasteiger partial charge in [-0.05, 0) is 18.2 Å². The molecule has 0 radical (unpaired) electrons. The van der Waals surface area contributed by atoms with Crippen LogP contribution in [0.2, 0.25) is 0 Å². The number of non-ortho nitro benzene ring substituents is 1. The maximum absolute atomic E-state index is 12.1. The van der Waals surface area contributed by atoms with Gasteiger partial charge in [0.1, 0.15) is 0 Å². The smallest absolute Gasteiger partial charge is 0.291 e. The first-order valence-corrected chi connectivity index (χ1v) is 7.11. The van der Waals surface area contributed by atoms with Gasteiger partial charge in [-0.2, -0.15) is 0 Å². The van der Waals surface area contributed by atoms with E-state index in [1.165, 1.54) is 24.5 Å². The van der Waals surface area contributed by atoms with E-state index in [1.807, 2.05) is 4.90 Å². The van der Waals surface area contributed by atoms with E-state index in [0.29, 0.717) is 37.7 Å². The molecule has 120 valence electrons. The predicted octanol–water partition coefficient (Wildman–Crippen LogP) is 2.28. The molecule has 0 saturated carbocycles. The number of nitrogens with one attached hydrogen (secondary N) is 1. The zero-order valence-corrected chi connectivity index (χ0v) is 12.2. The van der Waals surface area contributed by atoms with Gasteiger partial charge in [-0.15, -0.1) is 0 Å². The molecule has 1 saturated heterocycles. The Morgan fingerprint density at radius 2 is 2.04 bits per heavy atom. The van der Waals surface area contributed by atoms with Crippen LogP contribution in [-0.4, -0.2) is 37.1 Å². The standard InChI is InChI=1S/C15H15N3O5/c19-15(14-2-1-7-23-14)16-12-4-3-11(18(20)21)10-13(12)17-5-8-22-9-6-17/h1-4,7,10H,5-6,8-9H2,(H,16,19). The summed E-state index contributed by atoms with van der Waals surface area (Å²) in [6.45, 7) is 2.28. The molecular formula is C15H15N3O5. The Bertz CT molecular complexity index is 708. The van der Waals surface area contributed by atoms with Crippen molar-refractivity contribution >= 4 is 23.0 Å². The fourth-order valence-corrected chi connectivity index (χ4v) is 2.40. The Balaban J connectivity index is 1.91. The highest BCUT2D eigenvalue weighted by Crippen LogP contribution is 2.31. The Labute approximate surface area is 131 Å². The van der Waals surface area contributed by atoms with Crippen LogP contribution < -0.4 is 10.2 Å². The number of morpholine rings is 1. The van der Waals surface area contributed by atoms with Gasteiger partial charge in [-0.1, -0.05) is 0 Å². The molecule has 1 aliphatic heterocycles. The van der Waals surface area contributed by atoms with Crippen LogP contribution in [-0.2, 0) is 4.74 Å². The van der Waals surface area contributed by atoms with Crippen molar-refractivity contribution < 1.29 is 18.9 Å². The van der Waals surface area contributed by atoms with E-state index >= 15 is 0 Å². The first kappa shape index (κ1) is 15.0. The molecule has 23 heavy (non-hydrogen) atoms. The van der Waals surface area contributed by atoms with Crippen molar-refractivity contribution in [2.24, 2.45) is 0 Å². The molecule has 0 unspecified atom stereocenters. The Morgan fingerprint density at radius 3 is 2.70 bits per heavy atom. The van der Waals surface area contributed by atoms with Crippen molar-refractivity contribution in [2.45, 2.75) is 0 Å². The lowest BCUT2D eigenvalue weighted by atomic mass is 10.2. The number of carbonyl (C=O) groups is 1. The summed E-state index contributed by atoms with van der Waals surface area (Å²) in [6.07, 6.45) is 1.41. The molecule has 1 fully saturated rings. The molecule has 8 nitrogen and oxygen atoms in total. The maximum atomic E-state index is 12.1. The van der Waals surface area contributed by atoms with Crippen molar-refractivity contribution in [1.29, 1.82) is 0 Å². The molecule has 3 rings (SSSR count). The lowest BCUT2D eigenvalue weighted by Gasteiger charge is -2.30. The Hall–Kier alpha value is -2.87. The zero-order valence-electron chi connectivity index (χ0n) is 12.2. The second-order valence-corrected chi connectivity index (χ2v) is 4.99. The third-order valence-electron chi connectivity index (χ3n) is 3.54. The van der Waals surface area contributed by atoms with Gasteiger partial charge in [0.05, 0.1) is 35.8 Å². The average molecular weight is 317 g/mol. The van der Waals surface area contributed by atoms with Gasteiger partial charge in [0.15, 0.2) is 5.76 Å². The number of furan rings is 1. The van der Waals surface area contributed by atoms with Gasteiger partial charge >= 0.3 is 0 Å². The Kier molecular flexibility index (Phi) is 4.24. The Morgan fingerprint density at radius 1 is 1.26 bits per heavy atom. The quantitative estimate of drug-likeness (QED) is 0.686. The topological polar surface area (TPSA) is 97.8 Å². The molecular weight excluding hydrogens is 302 g/mol. The number of nitrogens with zero attached hydrogens (tertiary/aromatic N) is 2. The maximum Gasteiger partial charge on any atom is 0.291 e. The molecule has 1 amide bonds. The highest BCUT2D eigenvalue weighted by Gasteiger charge is 2.20. The molecule has 1 aromatic heterocycles. The van der Waals surface area contributed by atoms with E-state index in [2.05, 4.69) is 5.32 Å². The van der Waals surface area contributed by atoms with E-state index in [0.717, 1.165) is 0 Å². The second kappa shape index (κ2) is 6.49. The van der Waals surface area contributed by atoms with Crippen molar-refractivity contribution in [3.63, 3.8) is 0 Å². The lowest BCUT2D eigenvalue weighted by Crippen LogP contribution is -2.36. The highest BCUT2D eigenvalue weighted by atomic mass is 16.6. The van der Waals surface area contributed by atoms with Crippen LogP contribution in [0.15, 0.2) is 41.0 Å². The van der Waals surface area contributed by atoms with Crippen molar-refractivity contribution in [3.8, 4) is 0 Å². The summed E-state index contributed by atoms with van der Waals surface area (Å²) in [4.78, 5) is 24.7. The van der Waals surface area contributed by atoms with Crippen LogP contribution in [0.5, 0.6) is 0 Å². The number of hydrogen-bond acceptors (Lipinski definition) is 6. The second-order valence-electron chi connectivity index (χ2n) is 4.99. The molecule has 2 aromatic rings. The first-order chi connectivity index (χ1) is 11.1. The van der Waals surface area contributed by atoms with E-state index in [4.69, 9.17) is 9.15 Å². The van der Waals surface area contributed by atoms with Crippen molar-refractivity contribution in [1.82, 2.24) is 0 Å². The number of benzene rings is 1. The van der Waals surface area contributed by atoms with Gasteiger partial charge in [0.2, 0.25) is 0 Å². The predicted molar refractivity (Wildman–Crippen MR) is 82.8 cm³/mol. The first-order valence-electron chi connectivity index (χ1n) is 7.11. The monoisotopic (exact) mass is 317 g/mol. The number of nitro benzene ring substituents is 1. The number of carbonyl (C=O) groups excluding carboxylic acids is 1. The largest absolute Gasteiger partial charge is 0.459 e. The van der Waals surface area contributed by atoms with Gasteiger partial charge in [-0.3, -0.25) is 14.9 Å². The van der Waals surface area contributed by atoms with Crippen LogP contribution in [0.1, 0.15) is 10.6 Å². The number of anilines is 2. The summed E-state index contributed by atoms with van der Waals surface area (Å²) in [5.41, 5.74) is 1.07. The third-order valence-corrected chi connectivity index (χ3v) is 3.54. The SMILES string of the molecule is O=C(Nc1ccc([N+](=O)[O-])cc1N1CCOCC1)c1ccco1. The van der Waals surface area contributed by atoms with E-state index in [1.54, 1.807) is 12.1 Å². The van der Waals surface area contributed by atoms with Gasteiger partial charge in [0, 0.05) is 25.2 Å². The fraction of sp³-hybridized carbons (Fsp3) is 0.267. The number of nitro groups is 1. The van der Waals surface area contributed by atoms with Crippen LogP contribution in [0.3, 0.4) is 0 Å². The fourth-order valence-electron chi connectivity index (χ4n) is 2.40. The van der Waals surface area contributed by atoms with Gasteiger partial charge in [-0.25, -0.2) is 0 Å². The summed E-state index contributed by atoms with van der Waals surface area (Å²) in [5.74, 6) is -0.227. The van der Waals surface area contributed by atoms with Crippen molar-refractivity contribution in [2.75, 3.05) is 36.5 Å². The normalized spacial score (nSPS) is 14.5. The zero-order chi connectivity index (χ0) is 16.2. The number of ether oxygens (including phenoxy) is 1. The molecule has 1 N–H and O–H groups in total. The highest BCUT2D eigenvalue weighted by molar-refractivity contribution is 6.04. The summed E-state index contributed by atoms with van der Waals surface area (Å²) >= 11 is 0. The summed E-state index contributed by atoms with van der Waals surface area (Å²) in [7, 11) is 0. The number of hydrogen-bond donors (Lipinski definition) is 1. The minimum absolute atomic E-state index is 0.0255.